The monoisotopic (exact) mass is 679 g/mol. The number of aromatic nitrogens is 1. The van der Waals surface area contributed by atoms with Gasteiger partial charge in [-0.3, -0.25) is 14.4 Å². The lowest BCUT2D eigenvalue weighted by Crippen LogP contribution is -2.30. The Hall–Kier alpha value is -5.13. The van der Waals surface area contributed by atoms with Gasteiger partial charge in [-0.15, -0.1) is 11.8 Å². The van der Waals surface area contributed by atoms with Crippen LogP contribution in [0.1, 0.15) is 36.2 Å². The molecule has 0 radical (unpaired) electrons. The van der Waals surface area contributed by atoms with Crippen molar-refractivity contribution in [1.29, 1.82) is 0 Å². The summed E-state index contributed by atoms with van der Waals surface area (Å²) in [5, 5.41) is 8.79. The van der Waals surface area contributed by atoms with Crippen molar-refractivity contribution in [2.24, 2.45) is 0 Å². The van der Waals surface area contributed by atoms with Crippen LogP contribution < -0.4 is 25.6 Å². The smallest absolute Gasteiger partial charge is 0.272 e. The molecule has 3 amide bonds. The maximum atomic E-state index is 13.6. The summed E-state index contributed by atoms with van der Waals surface area (Å²) in [6.07, 6.45) is 2.23. The van der Waals surface area contributed by atoms with E-state index in [2.05, 4.69) is 20.9 Å². The molecule has 1 aromatic heterocycles. The molecule has 4 aromatic carbocycles. The SMILES string of the molecule is CCOc1ccc2nc(NC(=O)C(CC)Sc3cccc(NC(=O)/C(=C\c4ccc(N(C)C)cc4)NC(=O)c4ccccc4)c3)sc2c1. The first-order valence-corrected chi connectivity index (χ1v) is 17.2. The number of thiazole rings is 1. The summed E-state index contributed by atoms with van der Waals surface area (Å²) >= 11 is 2.80. The van der Waals surface area contributed by atoms with Crippen molar-refractivity contribution >= 4 is 73.6 Å². The Bertz CT molecular complexity index is 1920. The lowest BCUT2D eigenvalue weighted by Gasteiger charge is -2.15. The summed E-state index contributed by atoms with van der Waals surface area (Å²) in [6, 6.07) is 29.3. The number of hydrogen-bond donors (Lipinski definition) is 3. The molecule has 5 aromatic rings. The molecule has 48 heavy (non-hydrogen) atoms. The Labute approximate surface area is 288 Å². The van der Waals surface area contributed by atoms with Crippen molar-refractivity contribution in [2.75, 3.05) is 36.2 Å². The number of benzene rings is 4. The predicted molar refractivity (Wildman–Crippen MR) is 197 cm³/mol. The third-order valence-corrected chi connectivity index (χ3v) is 9.48. The van der Waals surface area contributed by atoms with Crippen LogP contribution >= 0.6 is 23.1 Å². The number of carbonyl (C=O) groups is 3. The number of fused-ring (bicyclic) bond motifs is 1. The van der Waals surface area contributed by atoms with Crippen molar-refractivity contribution in [2.45, 2.75) is 30.4 Å². The van der Waals surface area contributed by atoms with E-state index in [-0.39, 0.29) is 11.6 Å². The molecular formula is C37H37N5O4S2. The van der Waals surface area contributed by atoms with Gasteiger partial charge in [-0.05, 0) is 85.6 Å². The first kappa shape index (κ1) is 34.2. The Morgan fingerprint density at radius 1 is 0.917 bits per heavy atom. The van der Waals surface area contributed by atoms with Gasteiger partial charge in [-0.2, -0.15) is 0 Å². The van der Waals surface area contributed by atoms with Crippen LogP contribution in [0.15, 0.2) is 108 Å². The number of anilines is 3. The van der Waals surface area contributed by atoms with Gasteiger partial charge >= 0.3 is 0 Å². The van der Waals surface area contributed by atoms with Crippen LogP contribution in [0, 0.1) is 0 Å². The van der Waals surface area contributed by atoms with E-state index in [1.54, 1.807) is 36.4 Å². The number of nitrogens with one attached hydrogen (secondary N) is 3. The van der Waals surface area contributed by atoms with E-state index in [0.29, 0.717) is 29.4 Å². The van der Waals surface area contributed by atoms with Gasteiger partial charge in [0, 0.05) is 35.9 Å². The number of hydrogen-bond acceptors (Lipinski definition) is 8. The fourth-order valence-corrected chi connectivity index (χ4v) is 6.62. The number of carbonyl (C=O) groups excluding carboxylic acids is 3. The molecule has 0 aliphatic rings. The van der Waals surface area contributed by atoms with E-state index in [9.17, 15) is 14.4 Å². The van der Waals surface area contributed by atoms with Gasteiger partial charge in [0.1, 0.15) is 11.4 Å². The van der Waals surface area contributed by atoms with E-state index < -0.39 is 17.1 Å². The molecule has 0 spiro atoms. The summed E-state index contributed by atoms with van der Waals surface area (Å²) in [5.41, 5.74) is 3.61. The molecule has 1 unspecified atom stereocenters. The van der Waals surface area contributed by atoms with Crippen LogP contribution in [0.2, 0.25) is 0 Å². The van der Waals surface area contributed by atoms with Gasteiger partial charge in [0.15, 0.2) is 5.13 Å². The largest absolute Gasteiger partial charge is 0.494 e. The van der Waals surface area contributed by atoms with Gasteiger partial charge in [0.25, 0.3) is 11.8 Å². The standard InChI is InChI=1S/C37H37N5O4S2/c1-5-32(36(45)41-37-40-30-20-19-28(46-6-2)23-33(30)48-37)47-29-14-10-13-26(22-29)38-35(44)31(39-34(43)25-11-8-7-9-12-25)21-24-15-17-27(18-16-24)42(3)4/h7-23,32H,5-6H2,1-4H3,(H,38,44)(H,39,43)(H,40,41,45)/b31-21+. The molecule has 0 saturated heterocycles. The normalized spacial score (nSPS) is 11.9. The molecule has 9 nitrogen and oxygen atoms in total. The van der Waals surface area contributed by atoms with Crippen LogP contribution in [-0.2, 0) is 9.59 Å². The molecule has 3 N–H and O–H groups in total. The highest BCUT2D eigenvalue weighted by Gasteiger charge is 2.21. The fourth-order valence-electron chi connectivity index (χ4n) is 4.71. The molecule has 0 aliphatic carbocycles. The Kier molecular flexibility index (Phi) is 11.5. The molecule has 246 valence electrons. The van der Waals surface area contributed by atoms with E-state index in [1.165, 1.54) is 23.1 Å². The fraction of sp³-hybridized carbons (Fsp3) is 0.189. The molecule has 1 heterocycles. The van der Waals surface area contributed by atoms with Crippen molar-refractivity contribution < 1.29 is 19.1 Å². The van der Waals surface area contributed by atoms with Crippen molar-refractivity contribution in [3.05, 3.63) is 114 Å². The summed E-state index contributed by atoms with van der Waals surface area (Å²) < 4.78 is 6.51. The molecule has 0 aliphatic heterocycles. The van der Waals surface area contributed by atoms with E-state index in [1.807, 2.05) is 99.6 Å². The Balaban J connectivity index is 1.29. The van der Waals surface area contributed by atoms with Gasteiger partial charge < -0.3 is 25.6 Å². The zero-order valence-electron chi connectivity index (χ0n) is 27.2. The lowest BCUT2D eigenvalue weighted by molar-refractivity contribution is -0.116. The number of ether oxygens (including phenoxy) is 1. The van der Waals surface area contributed by atoms with E-state index in [0.717, 1.165) is 32.1 Å². The summed E-state index contributed by atoms with van der Waals surface area (Å²) in [7, 11) is 3.90. The van der Waals surface area contributed by atoms with Gasteiger partial charge in [-0.1, -0.05) is 54.7 Å². The third kappa shape index (κ3) is 9.02. The molecule has 1 atom stereocenters. The van der Waals surface area contributed by atoms with Crippen molar-refractivity contribution in [1.82, 2.24) is 10.3 Å². The molecule has 0 fully saturated rings. The van der Waals surface area contributed by atoms with Crippen LogP contribution in [0.3, 0.4) is 0 Å². The van der Waals surface area contributed by atoms with Crippen LogP contribution in [0.5, 0.6) is 5.75 Å². The van der Waals surface area contributed by atoms with Gasteiger partial charge in [-0.25, -0.2) is 4.98 Å². The second-order valence-corrected chi connectivity index (χ2v) is 13.2. The van der Waals surface area contributed by atoms with E-state index in [4.69, 9.17) is 4.74 Å². The first-order valence-electron chi connectivity index (χ1n) is 15.5. The van der Waals surface area contributed by atoms with Gasteiger partial charge in [0.2, 0.25) is 5.91 Å². The lowest BCUT2D eigenvalue weighted by atomic mass is 10.1. The van der Waals surface area contributed by atoms with Crippen LogP contribution in [0.4, 0.5) is 16.5 Å². The highest BCUT2D eigenvalue weighted by Crippen LogP contribution is 2.32. The maximum Gasteiger partial charge on any atom is 0.272 e. The number of rotatable bonds is 13. The zero-order valence-corrected chi connectivity index (χ0v) is 28.8. The molecule has 11 heteroatoms. The summed E-state index contributed by atoms with van der Waals surface area (Å²) in [6.45, 7) is 4.46. The highest BCUT2D eigenvalue weighted by molar-refractivity contribution is 8.00. The summed E-state index contributed by atoms with van der Waals surface area (Å²) in [4.78, 5) is 47.3. The molecular weight excluding hydrogens is 643 g/mol. The predicted octanol–water partition coefficient (Wildman–Crippen LogP) is 7.68. The molecule has 0 bridgehead atoms. The topological polar surface area (TPSA) is 113 Å². The third-order valence-electron chi connectivity index (χ3n) is 7.18. The first-order chi connectivity index (χ1) is 23.2. The second kappa shape index (κ2) is 16.1. The van der Waals surface area contributed by atoms with Crippen LogP contribution in [-0.4, -0.2) is 48.7 Å². The maximum absolute atomic E-state index is 13.6. The van der Waals surface area contributed by atoms with Crippen molar-refractivity contribution in [3.63, 3.8) is 0 Å². The Morgan fingerprint density at radius 3 is 2.40 bits per heavy atom. The molecule has 5 rings (SSSR count). The number of amides is 3. The minimum atomic E-state index is -0.480. The highest BCUT2D eigenvalue weighted by atomic mass is 32.2. The van der Waals surface area contributed by atoms with Crippen LogP contribution in [0.25, 0.3) is 16.3 Å². The number of nitrogens with zero attached hydrogens (tertiary/aromatic N) is 2. The van der Waals surface area contributed by atoms with Crippen molar-refractivity contribution in [3.8, 4) is 5.75 Å². The minimum Gasteiger partial charge on any atom is -0.494 e. The second-order valence-electron chi connectivity index (χ2n) is 10.9. The Morgan fingerprint density at radius 2 is 1.69 bits per heavy atom. The minimum absolute atomic E-state index is 0.0922. The zero-order chi connectivity index (χ0) is 34.0. The quantitative estimate of drug-likeness (QED) is 0.0865. The average molecular weight is 680 g/mol. The number of thioether (sulfide) groups is 1. The van der Waals surface area contributed by atoms with Gasteiger partial charge in [0.05, 0.1) is 22.1 Å². The van der Waals surface area contributed by atoms with E-state index >= 15 is 0 Å². The molecule has 0 saturated carbocycles. The average Bonchev–Trinajstić information content (AvgIpc) is 3.49. The summed E-state index contributed by atoms with van der Waals surface area (Å²) in [5.74, 6) is -0.271.